The van der Waals surface area contributed by atoms with Gasteiger partial charge in [-0.15, -0.1) is 0 Å². The molecule has 0 unspecified atom stereocenters. The van der Waals surface area contributed by atoms with Gasteiger partial charge in [0.25, 0.3) is 0 Å². The molecule has 2 aromatic rings. The molecule has 0 atom stereocenters. The molecule has 1 aliphatic rings. The Labute approximate surface area is 89.1 Å². The minimum atomic E-state index is 0.0703. The largest absolute Gasteiger partial charge is 0.395 e. The van der Waals surface area contributed by atoms with E-state index in [1.165, 1.54) is 16.5 Å². The number of hydrogen-bond acceptors (Lipinski definition) is 1. The van der Waals surface area contributed by atoms with Gasteiger partial charge in [-0.05, 0) is 24.5 Å². The summed E-state index contributed by atoms with van der Waals surface area (Å²) >= 11 is 0. The van der Waals surface area contributed by atoms with Gasteiger partial charge in [-0.25, -0.2) is 0 Å². The minimum Gasteiger partial charge on any atom is -0.395 e. The Morgan fingerprint density at radius 2 is 2.07 bits per heavy atom. The van der Waals surface area contributed by atoms with E-state index in [0.29, 0.717) is 0 Å². The van der Waals surface area contributed by atoms with Crippen molar-refractivity contribution in [2.24, 2.45) is 7.05 Å². The van der Waals surface area contributed by atoms with Crippen molar-refractivity contribution in [2.45, 2.75) is 18.3 Å². The summed E-state index contributed by atoms with van der Waals surface area (Å²) in [5.41, 5.74) is 2.65. The van der Waals surface area contributed by atoms with Crippen LogP contribution in [0.3, 0.4) is 0 Å². The number of aromatic nitrogens is 1. The van der Waals surface area contributed by atoms with Crippen LogP contribution in [0.2, 0.25) is 0 Å². The first kappa shape index (κ1) is 8.98. The molecule has 0 saturated heterocycles. The number of aliphatic hydroxyl groups excluding tert-OH is 1. The van der Waals surface area contributed by atoms with Gasteiger partial charge in [0.2, 0.25) is 0 Å². The van der Waals surface area contributed by atoms with Crippen molar-refractivity contribution < 1.29 is 5.11 Å². The topological polar surface area (TPSA) is 25.2 Å². The molecular weight excluding hydrogens is 186 g/mol. The second-order valence-electron chi connectivity index (χ2n) is 4.61. The highest BCUT2D eigenvalue weighted by atomic mass is 16.3. The van der Waals surface area contributed by atoms with E-state index >= 15 is 0 Å². The highest BCUT2D eigenvalue weighted by Gasteiger charge is 2.45. The molecule has 1 aromatic carbocycles. The molecule has 0 radical (unpaired) electrons. The Morgan fingerprint density at radius 3 is 2.73 bits per heavy atom. The lowest BCUT2D eigenvalue weighted by molar-refractivity contribution is 0.255. The molecule has 1 N–H and O–H groups in total. The second kappa shape index (κ2) is 2.86. The molecule has 0 spiro atoms. The lowest BCUT2D eigenvalue weighted by atomic mass is 9.97. The predicted molar refractivity (Wildman–Crippen MR) is 60.9 cm³/mol. The van der Waals surface area contributed by atoms with Gasteiger partial charge in [0, 0.05) is 29.6 Å². The van der Waals surface area contributed by atoms with Crippen molar-refractivity contribution in [3.05, 3.63) is 36.0 Å². The van der Waals surface area contributed by atoms with Crippen molar-refractivity contribution in [1.82, 2.24) is 4.57 Å². The average Bonchev–Trinajstić information content (AvgIpc) is 3.00. The maximum Gasteiger partial charge on any atom is 0.0528 e. The molecule has 0 aliphatic heterocycles. The van der Waals surface area contributed by atoms with Gasteiger partial charge < -0.3 is 9.67 Å². The third kappa shape index (κ3) is 1.15. The molecule has 0 amide bonds. The fraction of sp³-hybridized carbons (Fsp3) is 0.385. The number of para-hydroxylation sites is 1. The van der Waals surface area contributed by atoms with E-state index in [0.717, 1.165) is 12.8 Å². The van der Waals surface area contributed by atoms with Gasteiger partial charge in [-0.2, -0.15) is 0 Å². The minimum absolute atomic E-state index is 0.0703. The van der Waals surface area contributed by atoms with Crippen LogP contribution in [0.4, 0.5) is 0 Å². The van der Waals surface area contributed by atoms with Crippen LogP contribution in [0.15, 0.2) is 30.5 Å². The zero-order chi connectivity index (χ0) is 10.5. The first-order valence-corrected chi connectivity index (χ1v) is 5.42. The van der Waals surface area contributed by atoms with Crippen LogP contribution < -0.4 is 0 Å². The van der Waals surface area contributed by atoms with Crippen LogP contribution >= 0.6 is 0 Å². The normalized spacial score (nSPS) is 18.3. The summed E-state index contributed by atoms with van der Waals surface area (Å²) in [7, 11) is 2.07. The van der Waals surface area contributed by atoms with Crippen LogP contribution in [-0.4, -0.2) is 16.3 Å². The van der Waals surface area contributed by atoms with E-state index < -0.39 is 0 Å². The number of aliphatic hydroxyl groups is 1. The van der Waals surface area contributed by atoms with Gasteiger partial charge in [-0.1, -0.05) is 18.2 Å². The third-order valence-electron chi connectivity index (χ3n) is 3.62. The SMILES string of the molecule is Cn1cc(C2(CO)CC2)c2ccccc21. The molecule has 78 valence electrons. The molecule has 1 aromatic heterocycles. The molecule has 2 nitrogen and oxygen atoms in total. The highest BCUT2D eigenvalue weighted by Crippen LogP contribution is 2.50. The van der Waals surface area contributed by atoms with Gasteiger partial charge in [-0.3, -0.25) is 0 Å². The maximum absolute atomic E-state index is 9.47. The van der Waals surface area contributed by atoms with Crippen molar-refractivity contribution in [2.75, 3.05) is 6.61 Å². The number of fused-ring (bicyclic) bond motifs is 1. The summed E-state index contributed by atoms with van der Waals surface area (Å²) in [5.74, 6) is 0. The molecule has 1 aliphatic carbocycles. The first-order chi connectivity index (χ1) is 7.27. The molecular formula is C13H15NO. The summed E-state index contributed by atoms with van der Waals surface area (Å²) < 4.78 is 2.15. The highest BCUT2D eigenvalue weighted by molar-refractivity contribution is 5.85. The first-order valence-electron chi connectivity index (χ1n) is 5.42. The van der Waals surface area contributed by atoms with Crippen molar-refractivity contribution in [3.63, 3.8) is 0 Å². The van der Waals surface area contributed by atoms with Gasteiger partial charge >= 0.3 is 0 Å². The lowest BCUT2D eigenvalue weighted by Gasteiger charge is -2.09. The molecule has 0 bridgehead atoms. The van der Waals surface area contributed by atoms with E-state index in [-0.39, 0.29) is 12.0 Å². The van der Waals surface area contributed by atoms with Gasteiger partial charge in [0.15, 0.2) is 0 Å². The number of nitrogens with zero attached hydrogens (tertiary/aromatic N) is 1. The molecule has 1 heterocycles. The van der Waals surface area contributed by atoms with Gasteiger partial charge in [0.1, 0.15) is 0 Å². The Morgan fingerprint density at radius 1 is 1.33 bits per heavy atom. The third-order valence-corrected chi connectivity index (χ3v) is 3.62. The predicted octanol–water partition coefficient (Wildman–Crippen LogP) is 2.20. The summed E-state index contributed by atoms with van der Waals surface area (Å²) in [6, 6.07) is 8.41. The average molecular weight is 201 g/mol. The number of hydrogen-bond donors (Lipinski definition) is 1. The summed E-state index contributed by atoms with van der Waals surface area (Å²) in [6.07, 6.45) is 4.42. The van der Waals surface area contributed by atoms with Crippen LogP contribution in [0.5, 0.6) is 0 Å². The maximum atomic E-state index is 9.47. The fourth-order valence-corrected chi connectivity index (χ4v) is 2.43. The number of rotatable bonds is 2. The van der Waals surface area contributed by atoms with Crippen molar-refractivity contribution in [3.8, 4) is 0 Å². The van der Waals surface area contributed by atoms with E-state index in [4.69, 9.17) is 0 Å². The molecule has 1 saturated carbocycles. The van der Waals surface area contributed by atoms with E-state index in [2.05, 4.69) is 42.1 Å². The number of benzene rings is 1. The van der Waals surface area contributed by atoms with Crippen molar-refractivity contribution >= 4 is 10.9 Å². The molecule has 3 rings (SSSR count). The van der Waals surface area contributed by atoms with Crippen LogP contribution in [0, 0.1) is 0 Å². The molecule has 1 fully saturated rings. The zero-order valence-corrected chi connectivity index (χ0v) is 8.90. The standard InChI is InChI=1S/C13H15NO/c1-14-8-11(13(9-15)6-7-13)10-4-2-3-5-12(10)14/h2-5,8,15H,6-7,9H2,1H3. The lowest BCUT2D eigenvalue weighted by Crippen LogP contribution is -2.11. The monoisotopic (exact) mass is 201 g/mol. The Balaban J connectivity index is 2.28. The Hall–Kier alpha value is -1.28. The van der Waals surface area contributed by atoms with E-state index in [9.17, 15) is 5.11 Å². The van der Waals surface area contributed by atoms with Crippen molar-refractivity contribution in [1.29, 1.82) is 0 Å². The Bertz CT molecular complexity index is 508. The van der Waals surface area contributed by atoms with Crippen LogP contribution in [-0.2, 0) is 12.5 Å². The number of aryl methyl sites for hydroxylation is 1. The zero-order valence-electron chi connectivity index (χ0n) is 8.90. The fourth-order valence-electron chi connectivity index (χ4n) is 2.43. The van der Waals surface area contributed by atoms with E-state index in [1.54, 1.807) is 0 Å². The molecule has 15 heavy (non-hydrogen) atoms. The van der Waals surface area contributed by atoms with Gasteiger partial charge in [0.05, 0.1) is 6.61 Å². The second-order valence-corrected chi connectivity index (χ2v) is 4.61. The van der Waals surface area contributed by atoms with Crippen LogP contribution in [0.1, 0.15) is 18.4 Å². The summed E-state index contributed by atoms with van der Waals surface area (Å²) in [5, 5.41) is 10.8. The van der Waals surface area contributed by atoms with Crippen LogP contribution in [0.25, 0.3) is 10.9 Å². The quantitative estimate of drug-likeness (QED) is 0.791. The smallest absolute Gasteiger partial charge is 0.0528 e. The Kier molecular flexibility index (Phi) is 1.71. The molecule has 2 heteroatoms. The summed E-state index contributed by atoms with van der Waals surface area (Å²) in [4.78, 5) is 0. The summed E-state index contributed by atoms with van der Waals surface area (Å²) in [6.45, 7) is 0.279. The van der Waals surface area contributed by atoms with E-state index in [1.807, 2.05) is 0 Å².